The summed E-state index contributed by atoms with van der Waals surface area (Å²) in [5.74, 6) is -0.0523. The fourth-order valence-corrected chi connectivity index (χ4v) is 2.25. The molecule has 0 aliphatic heterocycles. The number of amides is 2. The van der Waals surface area contributed by atoms with Gasteiger partial charge in [0.25, 0.3) is 11.8 Å². The normalized spacial score (nSPS) is 10.2. The number of rotatable bonds is 8. The number of benzene rings is 2. The van der Waals surface area contributed by atoms with Gasteiger partial charge in [0.1, 0.15) is 18.1 Å². The zero-order chi connectivity index (χ0) is 18.2. The number of hydrogen-bond acceptors (Lipinski definition) is 4. The Labute approximate surface area is 150 Å². The van der Waals surface area contributed by atoms with E-state index >= 15 is 0 Å². The first-order valence-electron chi connectivity index (χ1n) is 7.64. The molecule has 6 nitrogen and oxygen atoms in total. The SMILES string of the molecule is Cc1cccc(OCCNC(=O)COc2ccc(Cl)cc2C(N)=O)c1. The summed E-state index contributed by atoms with van der Waals surface area (Å²) in [6.45, 7) is 2.40. The summed E-state index contributed by atoms with van der Waals surface area (Å²) in [5, 5.41) is 3.03. The molecule has 0 aliphatic carbocycles. The third-order valence-corrected chi connectivity index (χ3v) is 3.48. The largest absolute Gasteiger partial charge is 0.492 e. The average Bonchev–Trinajstić information content (AvgIpc) is 2.57. The van der Waals surface area contributed by atoms with Gasteiger partial charge < -0.3 is 20.5 Å². The first-order valence-corrected chi connectivity index (χ1v) is 8.02. The second-order valence-corrected chi connectivity index (χ2v) is 5.74. The first-order chi connectivity index (χ1) is 12.0. The van der Waals surface area contributed by atoms with Crippen LogP contribution in [0.2, 0.25) is 5.02 Å². The molecule has 0 heterocycles. The van der Waals surface area contributed by atoms with Gasteiger partial charge >= 0.3 is 0 Å². The third-order valence-electron chi connectivity index (χ3n) is 3.25. The highest BCUT2D eigenvalue weighted by Gasteiger charge is 2.11. The topological polar surface area (TPSA) is 90.7 Å². The van der Waals surface area contributed by atoms with Gasteiger partial charge in [0, 0.05) is 5.02 Å². The molecule has 0 atom stereocenters. The number of primary amides is 1. The lowest BCUT2D eigenvalue weighted by atomic mass is 10.2. The van der Waals surface area contributed by atoms with Crippen molar-refractivity contribution in [3.05, 3.63) is 58.6 Å². The quantitative estimate of drug-likeness (QED) is 0.705. The number of nitrogens with one attached hydrogen (secondary N) is 1. The molecule has 0 unspecified atom stereocenters. The highest BCUT2D eigenvalue weighted by molar-refractivity contribution is 6.31. The molecule has 2 amide bonds. The highest BCUT2D eigenvalue weighted by Crippen LogP contribution is 2.22. The van der Waals surface area contributed by atoms with Crippen LogP contribution in [0.3, 0.4) is 0 Å². The molecule has 2 aromatic rings. The number of nitrogens with two attached hydrogens (primary N) is 1. The van der Waals surface area contributed by atoms with E-state index in [1.807, 2.05) is 31.2 Å². The molecule has 25 heavy (non-hydrogen) atoms. The fraction of sp³-hybridized carbons (Fsp3) is 0.222. The van der Waals surface area contributed by atoms with Crippen molar-refractivity contribution < 1.29 is 19.1 Å². The Bertz CT molecular complexity index is 764. The summed E-state index contributed by atoms with van der Waals surface area (Å²) in [5.41, 5.74) is 6.49. The van der Waals surface area contributed by atoms with Crippen LogP contribution in [-0.4, -0.2) is 31.6 Å². The van der Waals surface area contributed by atoms with Crippen LogP contribution in [0.5, 0.6) is 11.5 Å². The van der Waals surface area contributed by atoms with Crippen molar-refractivity contribution in [2.24, 2.45) is 5.73 Å². The van der Waals surface area contributed by atoms with Gasteiger partial charge in [-0.3, -0.25) is 9.59 Å². The van der Waals surface area contributed by atoms with Gasteiger partial charge in [0.2, 0.25) is 0 Å². The molecule has 3 N–H and O–H groups in total. The summed E-state index contributed by atoms with van der Waals surface area (Å²) in [4.78, 5) is 23.2. The van der Waals surface area contributed by atoms with E-state index in [1.54, 1.807) is 6.07 Å². The Kier molecular flexibility index (Phi) is 6.65. The third kappa shape index (κ3) is 6.00. The fourth-order valence-electron chi connectivity index (χ4n) is 2.08. The predicted molar refractivity (Wildman–Crippen MR) is 95.1 cm³/mol. The zero-order valence-electron chi connectivity index (χ0n) is 13.8. The molecule has 0 radical (unpaired) electrons. The molecule has 0 aliphatic rings. The number of hydrogen-bond donors (Lipinski definition) is 2. The van der Waals surface area contributed by atoms with Crippen LogP contribution in [0, 0.1) is 6.92 Å². The summed E-state index contributed by atoms with van der Waals surface area (Å²) < 4.78 is 10.9. The van der Waals surface area contributed by atoms with Gasteiger partial charge in [-0.1, -0.05) is 23.7 Å². The van der Waals surface area contributed by atoms with Crippen molar-refractivity contribution in [3.8, 4) is 11.5 Å². The van der Waals surface area contributed by atoms with Crippen LogP contribution in [0.4, 0.5) is 0 Å². The van der Waals surface area contributed by atoms with E-state index in [2.05, 4.69) is 5.32 Å². The Morgan fingerprint density at radius 2 is 1.96 bits per heavy atom. The lowest BCUT2D eigenvalue weighted by Crippen LogP contribution is -2.32. The standard InChI is InChI=1S/C18H19ClN2O4/c1-12-3-2-4-14(9-12)24-8-7-21-17(22)11-25-16-6-5-13(19)10-15(16)18(20)23/h2-6,9-10H,7-8,11H2,1H3,(H2,20,23)(H,21,22). The minimum Gasteiger partial charge on any atom is -0.492 e. The molecule has 0 fully saturated rings. The smallest absolute Gasteiger partial charge is 0.258 e. The minimum atomic E-state index is -0.676. The van der Waals surface area contributed by atoms with E-state index in [9.17, 15) is 9.59 Å². The number of carbonyl (C=O) groups excluding carboxylic acids is 2. The molecule has 2 aromatic carbocycles. The minimum absolute atomic E-state index is 0.128. The van der Waals surface area contributed by atoms with Crippen molar-refractivity contribution in [3.63, 3.8) is 0 Å². The lowest BCUT2D eigenvalue weighted by Gasteiger charge is -2.11. The predicted octanol–water partition coefficient (Wildman–Crippen LogP) is 2.32. The highest BCUT2D eigenvalue weighted by atomic mass is 35.5. The van der Waals surface area contributed by atoms with Crippen molar-refractivity contribution in [1.29, 1.82) is 0 Å². The molecule has 0 saturated carbocycles. The number of halogens is 1. The molecule has 0 bridgehead atoms. The number of ether oxygens (including phenoxy) is 2. The van der Waals surface area contributed by atoms with Crippen molar-refractivity contribution >= 4 is 23.4 Å². The van der Waals surface area contributed by atoms with Gasteiger partial charge in [-0.2, -0.15) is 0 Å². The molecule has 0 spiro atoms. The Hall–Kier alpha value is -2.73. The number of aryl methyl sites for hydroxylation is 1. The Morgan fingerprint density at radius 3 is 2.68 bits per heavy atom. The van der Waals surface area contributed by atoms with Crippen molar-refractivity contribution in [1.82, 2.24) is 5.32 Å². The van der Waals surface area contributed by atoms with Crippen LogP contribution in [0.15, 0.2) is 42.5 Å². The van der Waals surface area contributed by atoms with Gasteiger partial charge in [-0.05, 0) is 42.8 Å². The second-order valence-electron chi connectivity index (χ2n) is 5.31. The van der Waals surface area contributed by atoms with Crippen LogP contribution < -0.4 is 20.5 Å². The summed E-state index contributed by atoms with van der Waals surface area (Å²) >= 11 is 5.81. The van der Waals surface area contributed by atoms with E-state index in [1.165, 1.54) is 12.1 Å². The summed E-state index contributed by atoms with van der Waals surface area (Å²) in [6.07, 6.45) is 0. The van der Waals surface area contributed by atoms with Crippen molar-refractivity contribution in [2.75, 3.05) is 19.8 Å². The van der Waals surface area contributed by atoms with Gasteiger partial charge in [-0.15, -0.1) is 0 Å². The lowest BCUT2D eigenvalue weighted by molar-refractivity contribution is -0.123. The summed E-state index contributed by atoms with van der Waals surface area (Å²) in [6, 6.07) is 12.1. The van der Waals surface area contributed by atoms with Crippen molar-refractivity contribution in [2.45, 2.75) is 6.92 Å². The van der Waals surface area contributed by atoms with Crippen LogP contribution in [-0.2, 0) is 4.79 Å². The maximum atomic E-state index is 11.8. The molecular weight excluding hydrogens is 344 g/mol. The van der Waals surface area contributed by atoms with Gasteiger partial charge in [0.05, 0.1) is 12.1 Å². The van der Waals surface area contributed by atoms with Crippen LogP contribution in [0.1, 0.15) is 15.9 Å². The van der Waals surface area contributed by atoms with E-state index in [4.69, 9.17) is 26.8 Å². The number of carbonyl (C=O) groups is 2. The maximum absolute atomic E-state index is 11.8. The van der Waals surface area contributed by atoms with Gasteiger partial charge in [0.15, 0.2) is 6.61 Å². The molecule has 7 heteroatoms. The molecular formula is C18H19ClN2O4. The first kappa shape index (κ1) is 18.6. The molecule has 0 saturated heterocycles. The maximum Gasteiger partial charge on any atom is 0.258 e. The Morgan fingerprint density at radius 1 is 1.16 bits per heavy atom. The second kappa shape index (κ2) is 8.94. The molecule has 2 rings (SSSR count). The van der Waals surface area contributed by atoms with E-state index in [-0.39, 0.29) is 23.8 Å². The molecule has 132 valence electrons. The van der Waals surface area contributed by atoms with E-state index in [0.717, 1.165) is 11.3 Å². The average molecular weight is 363 g/mol. The molecule has 0 aromatic heterocycles. The van der Waals surface area contributed by atoms with E-state index < -0.39 is 5.91 Å². The van der Waals surface area contributed by atoms with Crippen LogP contribution >= 0.6 is 11.6 Å². The van der Waals surface area contributed by atoms with Crippen LogP contribution in [0.25, 0.3) is 0 Å². The Balaban J connectivity index is 1.75. The van der Waals surface area contributed by atoms with E-state index in [0.29, 0.717) is 18.2 Å². The van der Waals surface area contributed by atoms with Gasteiger partial charge in [-0.25, -0.2) is 0 Å². The monoisotopic (exact) mass is 362 g/mol. The zero-order valence-corrected chi connectivity index (χ0v) is 14.5. The summed E-state index contributed by atoms with van der Waals surface area (Å²) in [7, 11) is 0.